The average Bonchev–Trinajstić information content (AvgIpc) is 2.61. The summed E-state index contributed by atoms with van der Waals surface area (Å²) in [5.74, 6) is -0.968. The first-order valence-electron chi connectivity index (χ1n) is 8.82. The van der Waals surface area contributed by atoms with E-state index in [2.05, 4.69) is 6.58 Å². The van der Waals surface area contributed by atoms with Crippen LogP contribution in [0.25, 0.3) is 0 Å². The summed E-state index contributed by atoms with van der Waals surface area (Å²) in [4.78, 5) is 24.7. The van der Waals surface area contributed by atoms with E-state index in [9.17, 15) is 9.59 Å². The molecule has 1 aromatic carbocycles. The lowest BCUT2D eigenvalue weighted by Gasteiger charge is -2.16. The summed E-state index contributed by atoms with van der Waals surface area (Å²) in [6, 6.07) is 6.64. The lowest BCUT2D eigenvalue weighted by molar-refractivity contribution is 0.0359. The lowest BCUT2D eigenvalue weighted by atomic mass is 10.1. The molecule has 0 radical (unpaired) electrons. The maximum Gasteiger partial charge on any atom is 0.339 e. The number of benzene rings is 1. The molecule has 0 spiro atoms. The van der Waals surface area contributed by atoms with Gasteiger partial charge in [0.1, 0.15) is 6.10 Å². The van der Waals surface area contributed by atoms with Crippen LogP contribution in [-0.4, -0.2) is 24.6 Å². The maximum atomic E-state index is 12.4. The minimum absolute atomic E-state index is 0.251. The van der Waals surface area contributed by atoms with Crippen LogP contribution in [0.3, 0.4) is 0 Å². The molecule has 24 heavy (non-hydrogen) atoms. The molecule has 0 bridgehead atoms. The van der Waals surface area contributed by atoms with Gasteiger partial charge in [-0.05, 0) is 31.4 Å². The molecule has 0 fully saturated rings. The Hall–Kier alpha value is -2.10. The summed E-state index contributed by atoms with van der Waals surface area (Å²) >= 11 is 0. The SMILES string of the molecule is C=CC1CCCCCCCCCOC(=O)c2ccccc2C(=O)O1. The van der Waals surface area contributed by atoms with Crippen LogP contribution in [0.4, 0.5) is 0 Å². The third-order valence-electron chi connectivity index (χ3n) is 4.25. The van der Waals surface area contributed by atoms with Crippen molar-refractivity contribution in [2.45, 2.75) is 57.5 Å². The lowest BCUT2D eigenvalue weighted by Crippen LogP contribution is -2.19. The average molecular weight is 330 g/mol. The van der Waals surface area contributed by atoms with Gasteiger partial charge >= 0.3 is 11.9 Å². The van der Waals surface area contributed by atoms with Crippen LogP contribution in [0, 0.1) is 0 Å². The highest BCUT2D eigenvalue weighted by Crippen LogP contribution is 2.17. The molecule has 1 aliphatic rings. The van der Waals surface area contributed by atoms with E-state index in [1.54, 1.807) is 30.3 Å². The molecule has 1 aromatic rings. The summed E-state index contributed by atoms with van der Waals surface area (Å²) in [6.45, 7) is 4.14. The first-order valence-corrected chi connectivity index (χ1v) is 8.82. The van der Waals surface area contributed by atoms with Crippen LogP contribution in [-0.2, 0) is 9.47 Å². The molecule has 1 atom stereocenters. The number of esters is 2. The van der Waals surface area contributed by atoms with Gasteiger partial charge in [0.2, 0.25) is 0 Å². The van der Waals surface area contributed by atoms with E-state index in [4.69, 9.17) is 9.47 Å². The molecule has 0 amide bonds. The fourth-order valence-corrected chi connectivity index (χ4v) is 2.84. The maximum absolute atomic E-state index is 12.4. The van der Waals surface area contributed by atoms with Gasteiger partial charge in [-0.2, -0.15) is 0 Å². The normalized spacial score (nSPS) is 21.2. The van der Waals surface area contributed by atoms with Crippen LogP contribution in [0.15, 0.2) is 36.9 Å². The Bertz CT molecular complexity index is 565. The third-order valence-corrected chi connectivity index (χ3v) is 4.25. The van der Waals surface area contributed by atoms with Crippen LogP contribution in [0.5, 0.6) is 0 Å². The summed E-state index contributed by atoms with van der Waals surface area (Å²) in [5, 5.41) is 0. The number of cyclic esters (lactones) is 2. The number of fused-ring (bicyclic) bond motifs is 1. The second-order valence-electron chi connectivity index (χ2n) is 6.12. The molecule has 2 rings (SSSR count). The van der Waals surface area contributed by atoms with Crippen LogP contribution in [0.2, 0.25) is 0 Å². The number of ether oxygens (including phenoxy) is 2. The Morgan fingerprint density at radius 1 is 0.875 bits per heavy atom. The van der Waals surface area contributed by atoms with Crippen molar-refractivity contribution in [3.63, 3.8) is 0 Å². The van der Waals surface area contributed by atoms with Crippen molar-refractivity contribution in [1.82, 2.24) is 0 Å². The van der Waals surface area contributed by atoms with Crippen molar-refractivity contribution in [1.29, 1.82) is 0 Å². The predicted octanol–water partition coefficient (Wildman–Crippen LogP) is 4.69. The number of carbonyl (C=O) groups excluding carboxylic acids is 2. The van der Waals surface area contributed by atoms with Crippen molar-refractivity contribution < 1.29 is 19.1 Å². The van der Waals surface area contributed by atoms with Gasteiger partial charge in [-0.3, -0.25) is 0 Å². The molecule has 0 N–H and O–H groups in total. The van der Waals surface area contributed by atoms with E-state index >= 15 is 0 Å². The van der Waals surface area contributed by atoms with Gasteiger partial charge in [0, 0.05) is 0 Å². The second kappa shape index (κ2) is 9.91. The van der Waals surface area contributed by atoms with Crippen molar-refractivity contribution >= 4 is 11.9 Å². The third kappa shape index (κ3) is 5.52. The summed E-state index contributed by atoms with van der Waals surface area (Å²) < 4.78 is 10.8. The van der Waals surface area contributed by atoms with Crippen molar-refractivity contribution in [2.24, 2.45) is 0 Å². The molecule has 0 saturated heterocycles. The van der Waals surface area contributed by atoms with Gasteiger partial charge < -0.3 is 9.47 Å². The molecule has 130 valence electrons. The van der Waals surface area contributed by atoms with E-state index < -0.39 is 11.9 Å². The Morgan fingerprint density at radius 2 is 1.46 bits per heavy atom. The van der Waals surface area contributed by atoms with Crippen molar-refractivity contribution in [2.75, 3.05) is 6.61 Å². The Balaban J connectivity index is 2.14. The Labute approximate surface area is 143 Å². The molecule has 0 aromatic heterocycles. The van der Waals surface area contributed by atoms with Crippen molar-refractivity contribution in [3.8, 4) is 0 Å². The van der Waals surface area contributed by atoms with Crippen LogP contribution < -0.4 is 0 Å². The molecular weight excluding hydrogens is 304 g/mol. The van der Waals surface area contributed by atoms with Gasteiger partial charge in [-0.25, -0.2) is 9.59 Å². The molecule has 1 unspecified atom stereocenters. The Morgan fingerprint density at radius 3 is 2.12 bits per heavy atom. The zero-order valence-electron chi connectivity index (χ0n) is 14.2. The number of rotatable bonds is 1. The summed E-state index contributed by atoms with van der Waals surface area (Å²) in [6.07, 6.45) is 9.69. The highest BCUT2D eigenvalue weighted by atomic mass is 16.5. The van der Waals surface area contributed by atoms with E-state index in [0.717, 1.165) is 38.5 Å². The molecule has 4 heteroatoms. The molecule has 1 heterocycles. The summed E-state index contributed by atoms with van der Waals surface area (Å²) in [5.41, 5.74) is 0.513. The molecule has 0 saturated carbocycles. The predicted molar refractivity (Wildman–Crippen MR) is 93.1 cm³/mol. The van der Waals surface area contributed by atoms with E-state index in [1.807, 2.05) is 0 Å². The first kappa shape index (κ1) is 18.2. The topological polar surface area (TPSA) is 52.6 Å². The van der Waals surface area contributed by atoms with Gasteiger partial charge in [-0.15, -0.1) is 0 Å². The van der Waals surface area contributed by atoms with E-state index in [0.29, 0.717) is 6.61 Å². The first-order chi connectivity index (χ1) is 11.7. The number of carbonyl (C=O) groups is 2. The zero-order chi connectivity index (χ0) is 17.2. The molecule has 4 nitrogen and oxygen atoms in total. The molecular formula is C20H26O4. The minimum Gasteiger partial charge on any atom is -0.462 e. The van der Waals surface area contributed by atoms with Gasteiger partial charge in [0.05, 0.1) is 17.7 Å². The van der Waals surface area contributed by atoms with Crippen LogP contribution >= 0.6 is 0 Å². The molecule has 0 aliphatic carbocycles. The molecule has 1 aliphatic heterocycles. The Kier molecular flexibility index (Phi) is 7.53. The zero-order valence-corrected chi connectivity index (χ0v) is 14.2. The smallest absolute Gasteiger partial charge is 0.339 e. The van der Waals surface area contributed by atoms with Gasteiger partial charge in [0.15, 0.2) is 0 Å². The quantitative estimate of drug-likeness (QED) is 0.554. The van der Waals surface area contributed by atoms with Gasteiger partial charge in [-0.1, -0.05) is 56.9 Å². The number of hydrogen-bond acceptors (Lipinski definition) is 4. The van der Waals surface area contributed by atoms with Crippen molar-refractivity contribution in [3.05, 3.63) is 48.0 Å². The fraction of sp³-hybridized carbons (Fsp3) is 0.500. The number of hydrogen-bond donors (Lipinski definition) is 0. The van der Waals surface area contributed by atoms with Crippen LogP contribution in [0.1, 0.15) is 72.1 Å². The largest absolute Gasteiger partial charge is 0.462 e. The highest BCUT2D eigenvalue weighted by molar-refractivity contribution is 6.03. The van der Waals surface area contributed by atoms with E-state index in [1.165, 1.54) is 12.8 Å². The monoisotopic (exact) mass is 330 g/mol. The van der Waals surface area contributed by atoms with E-state index in [-0.39, 0.29) is 17.2 Å². The highest BCUT2D eigenvalue weighted by Gasteiger charge is 2.21. The second-order valence-corrected chi connectivity index (χ2v) is 6.12. The fourth-order valence-electron chi connectivity index (χ4n) is 2.84. The standard InChI is InChI=1S/C20H26O4/c1-2-16-12-8-6-4-3-5-7-11-15-23-19(21)17-13-9-10-14-18(17)20(22)24-16/h2,9-10,13-14,16H,1,3-8,11-12,15H2. The van der Waals surface area contributed by atoms with Gasteiger partial charge in [0.25, 0.3) is 0 Å². The minimum atomic E-state index is -0.500. The summed E-state index contributed by atoms with van der Waals surface area (Å²) in [7, 11) is 0.